The van der Waals surface area contributed by atoms with E-state index in [4.69, 9.17) is 9.47 Å². The first-order valence-corrected chi connectivity index (χ1v) is 7.25. The maximum Gasteiger partial charge on any atom is 0.159 e. The Labute approximate surface area is 105 Å². The number of rotatable bonds is 5. The van der Waals surface area contributed by atoms with E-state index < -0.39 is 0 Å². The summed E-state index contributed by atoms with van der Waals surface area (Å²) in [6, 6.07) is 0.559. The normalized spacial score (nSPS) is 32.8. The molecule has 0 spiro atoms. The van der Waals surface area contributed by atoms with Crippen molar-refractivity contribution in [2.24, 2.45) is 11.8 Å². The van der Waals surface area contributed by atoms with Gasteiger partial charge in [0.25, 0.3) is 0 Å². The highest BCUT2D eigenvalue weighted by Crippen LogP contribution is 2.36. The molecule has 17 heavy (non-hydrogen) atoms. The second kappa shape index (κ2) is 6.72. The van der Waals surface area contributed by atoms with E-state index in [1.54, 1.807) is 0 Å². The molecular weight excluding hydrogens is 214 g/mol. The molecule has 2 fully saturated rings. The lowest BCUT2D eigenvalue weighted by molar-refractivity contribution is -0.0594. The molecule has 3 heteroatoms. The Morgan fingerprint density at radius 2 is 1.88 bits per heavy atom. The van der Waals surface area contributed by atoms with Crippen molar-refractivity contribution in [3.63, 3.8) is 0 Å². The van der Waals surface area contributed by atoms with E-state index in [1.807, 2.05) is 0 Å². The molecular formula is C14H27NO2. The summed E-state index contributed by atoms with van der Waals surface area (Å²) in [6.07, 6.45) is 7.95. The first kappa shape index (κ1) is 13.3. The van der Waals surface area contributed by atoms with E-state index >= 15 is 0 Å². The molecule has 3 unspecified atom stereocenters. The van der Waals surface area contributed by atoms with Crippen LogP contribution in [0.1, 0.15) is 45.4 Å². The van der Waals surface area contributed by atoms with E-state index in [1.165, 1.54) is 32.1 Å². The zero-order valence-electron chi connectivity index (χ0n) is 11.3. The van der Waals surface area contributed by atoms with Gasteiger partial charge >= 0.3 is 0 Å². The Balaban J connectivity index is 1.90. The van der Waals surface area contributed by atoms with E-state index in [9.17, 15) is 0 Å². The zero-order valence-corrected chi connectivity index (χ0v) is 11.3. The molecule has 0 amide bonds. The van der Waals surface area contributed by atoms with Gasteiger partial charge in [-0.3, -0.25) is 0 Å². The van der Waals surface area contributed by atoms with Crippen molar-refractivity contribution in [2.45, 2.75) is 57.8 Å². The first-order valence-electron chi connectivity index (χ1n) is 7.25. The summed E-state index contributed by atoms with van der Waals surface area (Å²) in [5.74, 6) is 1.70. The highest BCUT2D eigenvalue weighted by Gasteiger charge is 2.32. The maximum absolute atomic E-state index is 5.58. The molecule has 2 aliphatic rings. The standard InChI is InChI=1S/C14H27NO2/c1-3-11-6-4-5-7-12(11)13(15-2)10-14-16-8-9-17-14/h11-15H,3-10H2,1-2H3. The predicted octanol–water partition coefficient (Wildman–Crippen LogP) is 2.55. The summed E-state index contributed by atoms with van der Waals surface area (Å²) in [4.78, 5) is 0. The number of hydrogen-bond acceptors (Lipinski definition) is 3. The Kier molecular flexibility index (Phi) is 5.26. The van der Waals surface area contributed by atoms with Gasteiger partial charge in [0.15, 0.2) is 6.29 Å². The molecule has 0 aromatic heterocycles. The summed E-state index contributed by atoms with van der Waals surface area (Å²) < 4.78 is 11.2. The van der Waals surface area contributed by atoms with Crippen LogP contribution in [0.15, 0.2) is 0 Å². The van der Waals surface area contributed by atoms with Gasteiger partial charge < -0.3 is 14.8 Å². The lowest BCUT2D eigenvalue weighted by Crippen LogP contribution is -2.41. The van der Waals surface area contributed by atoms with Crippen LogP contribution in [0.2, 0.25) is 0 Å². The molecule has 3 nitrogen and oxygen atoms in total. The molecule has 0 aromatic carbocycles. The van der Waals surface area contributed by atoms with Crippen LogP contribution < -0.4 is 5.32 Å². The number of nitrogens with one attached hydrogen (secondary N) is 1. The van der Waals surface area contributed by atoms with Crippen LogP contribution in [0.3, 0.4) is 0 Å². The average Bonchev–Trinajstić information content (AvgIpc) is 2.89. The average molecular weight is 241 g/mol. The Bertz CT molecular complexity index is 216. The van der Waals surface area contributed by atoms with Gasteiger partial charge in [-0.05, 0) is 25.3 Å². The van der Waals surface area contributed by atoms with E-state index in [-0.39, 0.29) is 6.29 Å². The fourth-order valence-corrected chi connectivity index (χ4v) is 3.53. The quantitative estimate of drug-likeness (QED) is 0.802. The molecule has 3 atom stereocenters. The van der Waals surface area contributed by atoms with Gasteiger partial charge in [0.05, 0.1) is 13.2 Å². The molecule has 1 saturated carbocycles. The van der Waals surface area contributed by atoms with Crippen LogP contribution in [0.4, 0.5) is 0 Å². The summed E-state index contributed by atoms with van der Waals surface area (Å²) in [6.45, 7) is 3.87. The van der Waals surface area contributed by atoms with Crippen molar-refractivity contribution in [1.82, 2.24) is 5.32 Å². The topological polar surface area (TPSA) is 30.5 Å². The molecule has 2 rings (SSSR count). The van der Waals surface area contributed by atoms with Crippen molar-refractivity contribution in [3.8, 4) is 0 Å². The fourth-order valence-electron chi connectivity index (χ4n) is 3.53. The third-order valence-electron chi connectivity index (χ3n) is 4.52. The lowest BCUT2D eigenvalue weighted by Gasteiger charge is -2.37. The van der Waals surface area contributed by atoms with E-state index in [0.29, 0.717) is 6.04 Å². The minimum absolute atomic E-state index is 0.0342. The second-order valence-electron chi connectivity index (χ2n) is 5.42. The van der Waals surface area contributed by atoms with Gasteiger partial charge in [-0.2, -0.15) is 0 Å². The predicted molar refractivity (Wildman–Crippen MR) is 68.9 cm³/mol. The highest BCUT2D eigenvalue weighted by atomic mass is 16.7. The fraction of sp³-hybridized carbons (Fsp3) is 1.00. The maximum atomic E-state index is 5.58. The largest absolute Gasteiger partial charge is 0.350 e. The van der Waals surface area contributed by atoms with Crippen molar-refractivity contribution in [3.05, 3.63) is 0 Å². The monoisotopic (exact) mass is 241 g/mol. The molecule has 1 N–H and O–H groups in total. The molecule has 1 aliphatic carbocycles. The zero-order chi connectivity index (χ0) is 12.1. The highest BCUT2D eigenvalue weighted by molar-refractivity contribution is 4.85. The van der Waals surface area contributed by atoms with Crippen molar-refractivity contribution < 1.29 is 9.47 Å². The Morgan fingerprint density at radius 3 is 2.53 bits per heavy atom. The van der Waals surface area contributed by atoms with Crippen LogP contribution in [-0.2, 0) is 9.47 Å². The van der Waals surface area contributed by atoms with Crippen LogP contribution in [0.25, 0.3) is 0 Å². The van der Waals surface area contributed by atoms with Crippen LogP contribution in [0.5, 0.6) is 0 Å². The molecule has 0 bridgehead atoms. The Hall–Kier alpha value is -0.120. The van der Waals surface area contributed by atoms with Crippen LogP contribution >= 0.6 is 0 Å². The van der Waals surface area contributed by atoms with E-state index in [2.05, 4.69) is 19.3 Å². The molecule has 100 valence electrons. The minimum atomic E-state index is 0.0342. The van der Waals surface area contributed by atoms with Gasteiger partial charge in [0.2, 0.25) is 0 Å². The van der Waals surface area contributed by atoms with Crippen LogP contribution in [-0.4, -0.2) is 32.6 Å². The van der Waals surface area contributed by atoms with Gasteiger partial charge in [0.1, 0.15) is 0 Å². The molecule has 1 heterocycles. The van der Waals surface area contributed by atoms with Crippen molar-refractivity contribution in [2.75, 3.05) is 20.3 Å². The van der Waals surface area contributed by atoms with Gasteiger partial charge in [0, 0.05) is 12.5 Å². The first-order chi connectivity index (χ1) is 8.35. The smallest absolute Gasteiger partial charge is 0.159 e. The number of hydrogen-bond donors (Lipinski definition) is 1. The van der Waals surface area contributed by atoms with Gasteiger partial charge in [-0.1, -0.05) is 32.6 Å². The number of ether oxygens (including phenoxy) is 2. The second-order valence-corrected chi connectivity index (χ2v) is 5.42. The lowest BCUT2D eigenvalue weighted by atomic mass is 9.73. The van der Waals surface area contributed by atoms with Crippen molar-refractivity contribution in [1.29, 1.82) is 0 Å². The third-order valence-corrected chi connectivity index (χ3v) is 4.52. The Morgan fingerprint density at radius 1 is 1.18 bits per heavy atom. The van der Waals surface area contributed by atoms with Gasteiger partial charge in [-0.25, -0.2) is 0 Å². The summed E-state index contributed by atoms with van der Waals surface area (Å²) in [5, 5.41) is 3.50. The summed E-state index contributed by atoms with van der Waals surface area (Å²) in [5.41, 5.74) is 0. The van der Waals surface area contributed by atoms with Gasteiger partial charge in [-0.15, -0.1) is 0 Å². The van der Waals surface area contributed by atoms with E-state index in [0.717, 1.165) is 31.5 Å². The third kappa shape index (κ3) is 3.43. The van der Waals surface area contributed by atoms with Crippen LogP contribution in [0, 0.1) is 11.8 Å². The summed E-state index contributed by atoms with van der Waals surface area (Å²) >= 11 is 0. The molecule has 1 aliphatic heterocycles. The minimum Gasteiger partial charge on any atom is -0.350 e. The molecule has 0 radical (unpaired) electrons. The van der Waals surface area contributed by atoms with Crippen molar-refractivity contribution >= 4 is 0 Å². The summed E-state index contributed by atoms with van der Waals surface area (Å²) in [7, 11) is 2.08. The SMILES string of the molecule is CCC1CCCCC1C(CC1OCCO1)NC. The molecule has 0 aromatic rings. The molecule has 1 saturated heterocycles.